The van der Waals surface area contributed by atoms with Gasteiger partial charge in [0.05, 0.1) is 6.61 Å². The molecule has 0 aliphatic carbocycles. The summed E-state index contributed by atoms with van der Waals surface area (Å²) >= 11 is 0. The number of hydrogen-bond acceptors (Lipinski definition) is 4. The van der Waals surface area contributed by atoms with Gasteiger partial charge in [-0.25, -0.2) is 8.42 Å². The molecule has 0 aliphatic heterocycles. The smallest absolute Gasteiger partial charge is 0.246 e. The summed E-state index contributed by atoms with van der Waals surface area (Å²) in [4.78, 5) is 12.5. The average Bonchev–Trinajstić information content (AvgIpc) is 2.69. The molecule has 0 fully saturated rings. The maximum Gasteiger partial charge on any atom is 0.246 e. The Kier molecular flexibility index (Phi) is 8.43. The minimum atomic E-state index is -3.72. The lowest BCUT2D eigenvalue weighted by Crippen LogP contribution is -2.31. The lowest BCUT2D eigenvalue weighted by atomic mass is 10.0. The Morgan fingerprint density at radius 1 is 1.03 bits per heavy atom. The summed E-state index contributed by atoms with van der Waals surface area (Å²) in [7, 11) is -3.72. The van der Waals surface area contributed by atoms with Gasteiger partial charge in [0.25, 0.3) is 0 Å². The van der Waals surface area contributed by atoms with Gasteiger partial charge >= 0.3 is 0 Å². The zero-order chi connectivity index (χ0) is 22.3. The van der Waals surface area contributed by atoms with Crippen molar-refractivity contribution in [2.45, 2.75) is 52.4 Å². The molecular weight excluding hydrogens is 400 g/mol. The van der Waals surface area contributed by atoms with E-state index in [1.807, 2.05) is 26.0 Å². The third-order valence-corrected chi connectivity index (χ3v) is 7.04. The standard InChI is InChI=1S/C23H32N2O4S/c1-6-25(7-2)30(27,28)22-16-20(12-13-21(22)29-8-3)24-23(26)14-11-19-10-9-17(4)15-18(19)5/h9-10,12-13,15-16H,6-8,11,14H2,1-5H3,(H,24,26). The molecule has 164 valence electrons. The summed E-state index contributed by atoms with van der Waals surface area (Å²) in [5.41, 5.74) is 3.93. The van der Waals surface area contributed by atoms with Crippen molar-refractivity contribution in [1.82, 2.24) is 4.31 Å². The number of hydrogen-bond donors (Lipinski definition) is 1. The first-order valence-corrected chi connectivity index (χ1v) is 11.8. The molecule has 7 heteroatoms. The van der Waals surface area contributed by atoms with Gasteiger partial charge in [-0.3, -0.25) is 4.79 Å². The summed E-state index contributed by atoms with van der Waals surface area (Å²) in [6.45, 7) is 10.5. The number of carbonyl (C=O) groups excluding carboxylic acids is 1. The number of sulfonamides is 1. The van der Waals surface area contributed by atoms with E-state index in [0.29, 0.717) is 38.2 Å². The number of carbonyl (C=O) groups is 1. The van der Waals surface area contributed by atoms with Crippen molar-refractivity contribution in [2.75, 3.05) is 25.0 Å². The fraction of sp³-hybridized carbons (Fsp3) is 0.435. The van der Waals surface area contributed by atoms with Crippen LogP contribution in [0.25, 0.3) is 0 Å². The molecule has 2 aromatic rings. The normalized spacial score (nSPS) is 11.5. The molecule has 0 heterocycles. The van der Waals surface area contributed by atoms with Crippen LogP contribution in [0, 0.1) is 13.8 Å². The molecule has 1 amide bonds. The predicted octanol–water partition coefficient (Wildman–Crippen LogP) is 4.30. The Labute approximate surface area is 180 Å². The summed E-state index contributed by atoms with van der Waals surface area (Å²) < 4.78 is 33.0. The van der Waals surface area contributed by atoms with Gasteiger partial charge < -0.3 is 10.1 Å². The number of aryl methyl sites for hydroxylation is 3. The van der Waals surface area contributed by atoms with Gasteiger partial charge in [-0.2, -0.15) is 4.31 Å². The SMILES string of the molecule is CCOc1ccc(NC(=O)CCc2ccc(C)cc2C)cc1S(=O)(=O)N(CC)CC. The zero-order valence-corrected chi connectivity index (χ0v) is 19.3. The molecule has 0 aromatic heterocycles. The Morgan fingerprint density at radius 2 is 1.73 bits per heavy atom. The third-order valence-electron chi connectivity index (χ3n) is 4.97. The largest absolute Gasteiger partial charge is 0.492 e. The first kappa shape index (κ1) is 23.9. The molecule has 1 N–H and O–H groups in total. The van der Waals surface area contributed by atoms with Crippen LogP contribution in [0.1, 0.15) is 43.9 Å². The van der Waals surface area contributed by atoms with Crippen molar-refractivity contribution in [2.24, 2.45) is 0 Å². The molecule has 0 aliphatic rings. The molecule has 0 atom stereocenters. The first-order valence-electron chi connectivity index (χ1n) is 10.4. The fourth-order valence-corrected chi connectivity index (χ4v) is 4.98. The second-order valence-electron chi connectivity index (χ2n) is 7.16. The molecule has 30 heavy (non-hydrogen) atoms. The van der Waals surface area contributed by atoms with Crippen LogP contribution < -0.4 is 10.1 Å². The molecule has 2 rings (SSSR count). The van der Waals surface area contributed by atoms with Crippen molar-refractivity contribution in [3.63, 3.8) is 0 Å². The maximum absolute atomic E-state index is 13.0. The second-order valence-corrected chi connectivity index (χ2v) is 9.07. The number of benzene rings is 2. The number of nitrogens with one attached hydrogen (secondary N) is 1. The van der Waals surface area contributed by atoms with E-state index in [9.17, 15) is 13.2 Å². The minimum Gasteiger partial charge on any atom is -0.492 e. The fourth-order valence-electron chi connectivity index (χ4n) is 3.36. The van der Waals surface area contributed by atoms with Crippen molar-refractivity contribution in [1.29, 1.82) is 0 Å². The topological polar surface area (TPSA) is 75.7 Å². The Morgan fingerprint density at radius 3 is 2.33 bits per heavy atom. The van der Waals surface area contributed by atoms with E-state index in [4.69, 9.17) is 4.74 Å². The summed E-state index contributed by atoms with van der Waals surface area (Å²) in [6, 6.07) is 10.9. The van der Waals surface area contributed by atoms with Crippen LogP contribution in [0.5, 0.6) is 5.75 Å². The van der Waals surface area contributed by atoms with Crippen molar-refractivity contribution in [3.8, 4) is 5.75 Å². The summed E-state index contributed by atoms with van der Waals surface area (Å²) in [5, 5.41) is 2.82. The van der Waals surface area contributed by atoms with Crippen LogP contribution >= 0.6 is 0 Å². The van der Waals surface area contributed by atoms with E-state index < -0.39 is 10.0 Å². The van der Waals surface area contributed by atoms with Crippen LogP contribution in [0.4, 0.5) is 5.69 Å². The van der Waals surface area contributed by atoms with E-state index in [2.05, 4.69) is 11.4 Å². The van der Waals surface area contributed by atoms with E-state index in [-0.39, 0.29) is 16.6 Å². The van der Waals surface area contributed by atoms with Crippen molar-refractivity contribution >= 4 is 21.6 Å². The second kappa shape index (κ2) is 10.6. The predicted molar refractivity (Wildman–Crippen MR) is 121 cm³/mol. The van der Waals surface area contributed by atoms with Crippen molar-refractivity contribution < 1.29 is 17.9 Å². The van der Waals surface area contributed by atoms with Gasteiger partial charge in [0.15, 0.2) is 0 Å². The molecular formula is C23H32N2O4S. The highest BCUT2D eigenvalue weighted by atomic mass is 32.2. The van der Waals surface area contributed by atoms with E-state index in [0.717, 1.165) is 11.1 Å². The summed E-state index contributed by atoms with van der Waals surface area (Å²) in [5.74, 6) is 0.128. The minimum absolute atomic E-state index is 0.0697. The number of nitrogens with zero attached hydrogens (tertiary/aromatic N) is 1. The number of amides is 1. The lowest BCUT2D eigenvalue weighted by molar-refractivity contribution is -0.116. The van der Waals surface area contributed by atoms with Crippen LogP contribution in [-0.4, -0.2) is 38.3 Å². The quantitative estimate of drug-likeness (QED) is 0.607. The molecule has 0 unspecified atom stereocenters. The van der Waals surface area contributed by atoms with Crippen LogP contribution in [0.15, 0.2) is 41.3 Å². The van der Waals surface area contributed by atoms with E-state index in [1.165, 1.54) is 15.9 Å². The van der Waals surface area contributed by atoms with Gasteiger partial charge in [-0.05, 0) is 56.5 Å². The highest BCUT2D eigenvalue weighted by Gasteiger charge is 2.26. The van der Waals surface area contributed by atoms with Gasteiger partial charge in [-0.1, -0.05) is 37.6 Å². The monoisotopic (exact) mass is 432 g/mol. The highest BCUT2D eigenvalue weighted by Crippen LogP contribution is 2.30. The van der Waals surface area contributed by atoms with Crippen LogP contribution in [0.3, 0.4) is 0 Å². The lowest BCUT2D eigenvalue weighted by Gasteiger charge is -2.21. The van der Waals surface area contributed by atoms with Gasteiger partial charge in [-0.15, -0.1) is 0 Å². The van der Waals surface area contributed by atoms with Gasteiger partial charge in [0, 0.05) is 25.2 Å². The molecule has 6 nitrogen and oxygen atoms in total. The highest BCUT2D eigenvalue weighted by molar-refractivity contribution is 7.89. The van der Waals surface area contributed by atoms with Crippen LogP contribution in [-0.2, 0) is 21.2 Å². The molecule has 0 bridgehead atoms. The van der Waals surface area contributed by atoms with E-state index >= 15 is 0 Å². The zero-order valence-electron chi connectivity index (χ0n) is 18.5. The first-order chi connectivity index (χ1) is 14.2. The third kappa shape index (κ3) is 5.83. The van der Waals surface area contributed by atoms with E-state index in [1.54, 1.807) is 32.9 Å². The number of ether oxygens (including phenoxy) is 1. The maximum atomic E-state index is 13.0. The molecule has 0 saturated heterocycles. The Bertz CT molecular complexity index is 983. The number of anilines is 1. The summed E-state index contributed by atoms with van der Waals surface area (Å²) in [6.07, 6.45) is 0.939. The van der Waals surface area contributed by atoms with Crippen molar-refractivity contribution in [3.05, 3.63) is 53.1 Å². The number of rotatable bonds is 10. The van der Waals surface area contributed by atoms with Crippen LogP contribution in [0.2, 0.25) is 0 Å². The molecule has 0 saturated carbocycles. The Hall–Kier alpha value is -2.38. The molecule has 0 spiro atoms. The van der Waals surface area contributed by atoms with Gasteiger partial charge in [0.1, 0.15) is 10.6 Å². The molecule has 2 aromatic carbocycles. The van der Waals surface area contributed by atoms with Gasteiger partial charge in [0.2, 0.25) is 15.9 Å². The average molecular weight is 433 g/mol. The Balaban J connectivity index is 2.20. The molecule has 0 radical (unpaired) electrons.